The highest BCUT2D eigenvalue weighted by molar-refractivity contribution is 9.10. The van der Waals surface area contributed by atoms with E-state index < -0.39 is 0 Å². The highest BCUT2D eigenvalue weighted by Crippen LogP contribution is 2.54. The Morgan fingerprint density at radius 1 is 0.841 bits per heavy atom. The number of carbonyl (C=O) groups excluding carboxylic acids is 2. The highest BCUT2D eigenvalue weighted by Gasteiger charge is 2.48. The fourth-order valence-electron chi connectivity index (χ4n) is 7.41. The van der Waals surface area contributed by atoms with Gasteiger partial charge in [-0.05, 0) is 80.1 Å². The summed E-state index contributed by atoms with van der Waals surface area (Å²) < 4.78 is 12.5. The van der Waals surface area contributed by atoms with Crippen molar-refractivity contribution in [3.05, 3.63) is 98.8 Å². The van der Waals surface area contributed by atoms with E-state index in [-0.39, 0.29) is 28.3 Å². The maximum absolute atomic E-state index is 14.1. The molecule has 0 saturated heterocycles. The molecule has 0 N–H and O–H groups in total. The standard InChI is InChI=1S/C38H42BrNO4/c1-37(2)19-29-35(31(41)21-37)34(36-30(40(29)16-9-17-43-5)20-38(3,4)22-32(36)42)25-14-15-33(28(39)18-25)44-23-26-12-8-11-24-10-6-7-13-27(24)26/h6-8,10-15,18,34H,9,16-17,19-23H2,1-5H3. The quantitative estimate of drug-likeness (QED) is 0.227. The van der Waals surface area contributed by atoms with E-state index in [2.05, 4.69) is 84.9 Å². The normalized spacial score (nSPS) is 19.8. The lowest BCUT2D eigenvalue weighted by Gasteiger charge is -2.49. The molecule has 0 unspecified atom stereocenters. The van der Waals surface area contributed by atoms with Crippen molar-refractivity contribution in [1.82, 2.24) is 4.90 Å². The van der Waals surface area contributed by atoms with E-state index in [4.69, 9.17) is 9.47 Å². The lowest BCUT2D eigenvalue weighted by atomic mass is 9.63. The van der Waals surface area contributed by atoms with E-state index in [9.17, 15) is 9.59 Å². The van der Waals surface area contributed by atoms with Crippen LogP contribution in [0, 0.1) is 10.8 Å². The first-order chi connectivity index (χ1) is 21.0. The van der Waals surface area contributed by atoms with Gasteiger partial charge in [-0.1, -0.05) is 76.2 Å². The molecule has 5 nitrogen and oxygen atoms in total. The number of nitrogens with zero attached hydrogens (tertiary/aromatic N) is 1. The van der Waals surface area contributed by atoms with Crippen LogP contribution in [-0.4, -0.2) is 36.7 Å². The Labute approximate surface area is 269 Å². The number of ketones is 2. The van der Waals surface area contributed by atoms with Gasteiger partial charge >= 0.3 is 0 Å². The first kappa shape index (κ1) is 30.8. The van der Waals surface area contributed by atoms with Gasteiger partial charge in [0.05, 0.1) is 4.47 Å². The number of methoxy groups -OCH3 is 1. The van der Waals surface area contributed by atoms with Crippen LogP contribution in [0.2, 0.25) is 0 Å². The molecule has 2 aliphatic carbocycles. The Balaban J connectivity index is 1.40. The van der Waals surface area contributed by atoms with Crippen molar-refractivity contribution in [3.8, 4) is 5.75 Å². The van der Waals surface area contributed by atoms with Crippen LogP contribution in [0.15, 0.2) is 87.7 Å². The fourth-order valence-corrected chi connectivity index (χ4v) is 7.92. The molecule has 3 aromatic rings. The smallest absolute Gasteiger partial charge is 0.162 e. The summed E-state index contributed by atoms with van der Waals surface area (Å²) in [5.41, 5.74) is 5.54. The van der Waals surface area contributed by atoms with Gasteiger partial charge in [0.25, 0.3) is 0 Å². The zero-order valence-electron chi connectivity index (χ0n) is 26.5. The van der Waals surface area contributed by atoms with Gasteiger partial charge in [0.2, 0.25) is 0 Å². The molecule has 1 heterocycles. The first-order valence-corrected chi connectivity index (χ1v) is 16.5. The third-order valence-corrected chi connectivity index (χ3v) is 9.92. The summed E-state index contributed by atoms with van der Waals surface area (Å²) in [6.45, 7) is 10.5. The maximum atomic E-state index is 14.1. The van der Waals surface area contributed by atoms with Crippen molar-refractivity contribution in [1.29, 1.82) is 0 Å². The molecule has 44 heavy (non-hydrogen) atoms. The Hall–Kier alpha value is -3.22. The van der Waals surface area contributed by atoms with E-state index in [1.165, 1.54) is 10.8 Å². The summed E-state index contributed by atoms with van der Waals surface area (Å²) in [4.78, 5) is 30.4. The molecular weight excluding hydrogens is 614 g/mol. The molecule has 6 heteroatoms. The number of hydrogen-bond donors (Lipinski definition) is 0. The molecule has 0 amide bonds. The number of hydrogen-bond acceptors (Lipinski definition) is 5. The number of rotatable bonds is 8. The molecule has 0 saturated carbocycles. The summed E-state index contributed by atoms with van der Waals surface area (Å²) in [7, 11) is 1.72. The second kappa shape index (κ2) is 11.9. The number of halogens is 1. The van der Waals surface area contributed by atoms with Crippen molar-refractivity contribution in [3.63, 3.8) is 0 Å². The van der Waals surface area contributed by atoms with E-state index >= 15 is 0 Å². The van der Waals surface area contributed by atoms with Gasteiger partial charge in [0.1, 0.15) is 12.4 Å². The minimum absolute atomic E-state index is 0.147. The van der Waals surface area contributed by atoms with Crippen LogP contribution in [0.3, 0.4) is 0 Å². The minimum Gasteiger partial charge on any atom is -0.488 e. The van der Waals surface area contributed by atoms with Crippen LogP contribution in [-0.2, 0) is 20.9 Å². The van der Waals surface area contributed by atoms with E-state index in [0.29, 0.717) is 26.1 Å². The van der Waals surface area contributed by atoms with Gasteiger partial charge < -0.3 is 14.4 Å². The van der Waals surface area contributed by atoms with Gasteiger partial charge in [-0.15, -0.1) is 0 Å². The Bertz CT molecular complexity index is 1640. The first-order valence-electron chi connectivity index (χ1n) is 15.7. The number of allylic oxidation sites excluding steroid dienone is 4. The topological polar surface area (TPSA) is 55.8 Å². The Morgan fingerprint density at radius 2 is 1.48 bits per heavy atom. The van der Waals surface area contributed by atoms with Gasteiger partial charge in [-0.3, -0.25) is 9.59 Å². The maximum Gasteiger partial charge on any atom is 0.162 e. The Morgan fingerprint density at radius 3 is 2.11 bits per heavy atom. The largest absolute Gasteiger partial charge is 0.488 e. The number of ether oxygens (including phenoxy) is 2. The molecule has 0 radical (unpaired) electrons. The van der Waals surface area contributed by atoms with Gasteiger partial charge in [-0.25, -0.2) is 0 Å². The summed E-state index contributed by atoms with van der Waals surface area (Å²) >= 11 is 3.78. The molecular formula is C38H42BrNO4. The number of benzene rings is 3. The average Bonchev–Trinajstić information content (AvgIpc) is 2.95. The molecule has 0 spiro atoms. The molecule has 0 atom stereocenters. The molecule has 3 aromatic carbocycles. The monoisotopic (exact) mass is 655 g/mol. The van der Waals surface area contributed by atoms with Crippen molar-refractivity contribution in [2.24, 2.45) is 10.8 Å². The molecule has 0 bridgehead atoms. The number of fused-ring (bicyclic) bond motifs is 1. The fraction of sp³-hybridized carbons (Fsp3) is 0.421. The van der Waals surface area contributed by atoms with Crippen LogP contribution in [0.4, 0.5) is 0 Å². The summed E-state index contributed by atoms with van der Waals surface area (Å²) in [6, 6.07) is 20.7. The second-order valence-electron chi connectivity index (χ2n) is 14.2. The Kier molecular flexibility index (Phi) is 8.36. The molecule has 1 aliphatic heterocycles. The SMILES string of the molecule is COCCCN1C2=C(C(=O)CC(C)(C)C2)C(c2ccc(OCc3cccc4ccccc34)c(Br)c2)C2=C1CC(C)(C)CC2=O. The van der Waals surface area contributed by atoms with Crippen LogP contribution >= 0.6 is 15.9 Å². The summed E-state index contributed by atoms with van der Waals surface area (Å²) in [6.07, 6.45) is 3.38. The van der Waals surface area contributed by atoms with Crippen LogP contribution in [0.1, 0.15) is 76.8 Å². The lowest BCUT2D eigenvalue weighted by molar-refractivity contribution is -0.119. The van der Waals surface area contributed by atoms with Gasteiger partial charge in [-0.2, -0.15) is 0 Å². The van der Waals surface area contributed by atoms with E-state index in [1.807, 2.05) is 24.3 Å². The lowest BCUT2D eigenvalue weighted by Crippen LogP contribution is -2.44. The molecule has 6 rings (SSSR count). The average molecular weight is 657 g/mol. The molecule has 0 aromatic heterocycles. The molecule has 3 aliphatic rings. The second-order valence-corrected chi connectivity index (χ2v) is 15.0. The predicted octanol–water partition coefficient (Wildman–Crippen LogP) is 8.90. The summed E-state index contributed by atoms with van der Waals surface area (Å²) in [5.74, 6) is 0.646. The zero-order chi connectivity index (χ0) is 31.2. The van der Waals surface area contributed by atoms with Crippen LogP contribution < -0.4 is 4.74 Å². The molecule has 0 fully saturated rings. The highest BCUT2D eigenvalue weighted by atomic mass is 79.9. The van der Waals surface area contributed by atoms with Gasteiger partial charge in [0.15, 0.2) is 11.6 Å². The summed E-state index contributed by atoms with van der Waals surface area (Å²) in [5, 5.41) is 2.36. The predicted molar refractivity (Wildman–Crippen MR) is 178 cm³/mol. The minimum atomic E-state index is -0.380. The van der Waals surface area contributed by atoms with Crippen molar-refractivity contribution in [2.75, 3.05) is 20.3 Å². The third-order valence-electron chi connectivity index (χ3n) is 9.30. The van der Waals surface area contributed by atoms with Crippen molar-refractivity contribution >= 4 is 38.3 Å². The van der Waals surface area contributed by atoms with Crippen LogP contribution in [0.25, 0.3) is 10.8 Å². The molecule has 230 valence electrons. The zero-order valence-corrected chi connectivity index (χ0v) is 28.1. The van der Waals surface area contributed by atoms with Crippen molar-refractivity contribution in [2.45, 2.75) is 72.3 Å². The number of carbonyl (C=O) groups is 2. The van der Waals surface area contributed by atoms with E-state index in [0.717, 1.165) is 69.7 Å². The van der Waals surface area contributed by atoms with E-state index in [1.54, 1.807) is 7.11 Å². The third kappa shape index (κ3) is 5.91. The number of Topliss-reactive ketones (excluding diaryl/α,β-unsaturated/α-hetero) is 2. The van der Waals surface area contributed by atoms with Crippen molar-refractivity contribution < 1.29 is 19.1 Å². The van der Waals surface area contributed by atoms with Crippen LogP contribution in [0.5, 0.6) is 5.75 Å². The van der Waals surface area contributed by atoms with Gasteiger partial charge in [0, 0.05) is 61.6 Å².